The Bertz CT molecular complexity index is 906. The Morgan fingerprint density at radius 2 is 1.71 bits per heavy atom. The first kappa shape index (κ1) is 24.4. The summed E-state index contributed by atoms with van der Waals surface area (Å²) >= 11 is 1.09. The van der Waals surface area contributed by atoms with Gasteiger partial charge >= 0.3 is 5.97 Å². The average Bonchev–Trinajstić information content (AvgIpc) is 3.09. The van der Waals surface area contributed by atoms with Crippen LogP contribution in [0.5, 0.6) is 5.75 Å². The third-order valence-corrected chi connectivity index (χ3v) is 5.99. The van der Waals surface area contributed by atoms with Crippen LogP contribution in [0, 0.1) is 6.92 Å². The van der Waals surface area contributed by atoms with E-state index in [1.165, 1.54) is 0 Å². The van der Waals surface area contributed by atoms with E-state index >= 15 is 0 Å². The number of carbonyl (C=O) groups excluding carboxylic acids is 3. The Labute approximate surface area is 187 Å². The zero-order valence-electron chi connectivity index (χ0n) is 18.7. The second-order valence-electron chi connectivity index (χ2n) is 6.78. The van der Waals surface area contributed by atoms with Crippen LogP contribution in [0.3, 0.4) is 0 Å². The maximum absolute atomic E-state index is 12.9. The van der Waals surface area contributed by atoms with E-state index in [2.05, 4.69) is 5.32 Å². The normalized spacial score (nSPS) is 11.5. The molecule has 1 aromatic carbocycles. The summed E-state index contributed by atoms with van der Waals surface area (Å²) in [6.45, 7) is 10.3. The molecule has 31 heavy (non-hydrogen) atoms. The summed E-state index contributed by atoms with van der Waals surface area (Å²) in [6.07, 6.45) is -0.313. The quantitative estimate of drug-likeness (QED) is 0.543. The fourth-order valence-electron chi connectivity index (χ4n) is 3.09. The number of amides is 2. The number of benzene rings is 1. The molecule has 1 aromatic heterocycles. The van der Waals surface area contributed by atoms with Crippen molar-refractivity contribution in [2.24, 2.45) is 0 Å². The molecule has 0 aliphatic carbocycles. The minimum Gasteiger partial charge on any atom is -0.481 e. The van der Waals surface area contributed by atoms with Gasteiger partial charge in [-0.05, 0) is 51.8 Å². The number of thiophene rings is 1. The number of ether oxygens (including phenoxy) is 2. The third kappa shape index (κ3) is 5.85. The zero-order chi connectivity index (χ0) is 23.0. The number of nitrogens with one attached hydrogen (secondary N) is 1. The minimum absolute atomic E-state index is 0.175. The second-order valence-corrected chi connectivity index (χ2v) is 7.80. The van der Waals surface area contributed by atoms with Crippen LogP contribution in [0.1, 0.15) is 59.7 Å². The van der Waals surface area contributed by atoms with Gasteiger partial charge < -0.3 is 19.7 Å². The van der Waals surface area contributed by atoms with Crippen molar-refractivity contribution in [1.82, 2.24) is 4.90 Å². The van der Waals surface area contributed by atoms with Gasteiger partial charge in [0.1, 0.15) is 10.8 Å². The van der Waals surface area contributed by atoms with Crippen LogP contribution in [0.15, 0.2) is 30.3 Å². The van der Waals surface area contributed by atoms with E-state index in [0.29, 0.717) is 40.7 Å². The number of esters is 1. The molecule has 1 N–H and O–H groups in total. The van der Waals surface area contributed by atoms with Gasteiger partial charge in [-0.1, -0.05) is 25.1 Å². The molecular weight excluding hydrogens is 416 g/mol. The first-order valence-electron chi connectivity index (χ1n) is 10.5. The van der Waals surface area contributed by atoms with E-state index in [1.54, 1.807) is 30.9 Å². The van der Waals surface area contributed by atoms with E-state index in [-0.39, 0.29) is 24.0 Å². The van der Waals surface area contributed by atoms with Gasteiger partial charge in [0.05, 0.1) is 17.0 Å². The predicted molar refractivity (Wildman–Crippen MR) is 122 cm³/mol. The summed E-state index contributed by atoms with van der Waals surface area (Å²) in [6, 6.07) is 9.06. The molecule has 8 heteroatoms. The van der Waals surface area contributed by atoms with Gasteiger partial charge in [-0.25, -0.2) is 4.79 Å². The lowest BCUT2D eigenvalue weighted by Crippen LogP contribution is -2.32. The highest BCUT2D eigenvalue weighted by Gasteiger charge is 2.29. The second kappa shape index (κ2) is 11.5. The van der Waals surface area contributed by atoms with Crippen molar-refractivity contribution >= 4 is 34.1 Å². The van der Waals surface area contributed by atoms with Crippen LogP contribution >= 0.6 is 11.3 Å². The van der Waals surface area contributed by atoms with E-state index in [4.69, 9.17) is 9.47 Å². The van der Waals surface area contributed by atoms with E-state index in [1.807, 2.05) is 39.0 Å². The van der Waals surface area contributed by atoms with Crippen molar-refractivity contribution in [1.29, 1.82) is 0 Å². The molecule has 1 unspecified atom stereocenters. The molecule has 2 rings (SSSR count). The van der Waals surface area contributed by atoms with Crippen molar-refractivity contribution in [3.63, 3.8) is 0 Å². The van der Waals surface area contributed by atoms with Crippen LogP contribution < -0.4 is 10.1 Å². The van der Waals surface area contributed by atoms with Gasteiger partial charge in [0.25, 0.3) is 11.8 Å². The molecular formula is C23H30N2O5S. The fraction of sp³-hybridized carbons (Fsp3) is 0.435. The molecule has 0 saturated carbocycles. The van der Waals surface area contributed by atoms with Gasteiger partial charge in [0.15, 0.2) is 6.10 Å². The molecule has 0 spiro atoms. The molecule has 0 aliphatic heterocycles. The van der Waals surface area contributed by atoms with Crippen molar-refractivity contribution in [3.05, 3.63) is 46.3 Å². The Balaban J connectivity index is 2.36. The Morgan fingerprint density at radius 1 is 1.06 bits per heavy atom. The van der Waals surface area contributed by atoms with Crippen molar-refractivity contribution in [2.75, 3.05) is 25.0 Å². The van der Waals surface area contributed by atoms with Crippen molar-refractivity contribution < 1.29 is 23.9 Å². The summed E-state index contributed by atoms with van der Waals surface area (Å²) < 4.78 is 11.0. The fourth-order valence-corrected chi connectivity index (χ4v) is 4.25. The third-order valence-electron chi connectivity index (χ3n) is 4.79. The van der Waals surface area contributed by atoms with Gasteiger partial charge in [-0.2, -0.15) is 0 Å². The number of hydrogen-bond acceptors (Lipinski definition) is 6. The van der Waals surface area contributed by atoms with Gasteiger partial charge in [-0.15, -0.1) is 11.3 Å². The lowest BCUT2D eigenvalue weighted by molar-refractivity contribution is -0.122. The first-order chi connectivity index (χ1) is 14.9. The largest absolute Gasteiger partial charge is 0.481 e. The summed E-state index contributed by atoms with van der Waals surface area (Å²) in [4.78, 5) is 40.6. The summed E-state index contributed by atoms with van der Waals surface area (Å²) in [5, 5.41) is 3.09. The molecule has 168 valence electrons. The van der Waals surface area contributed by atoms with Crippen LogP contribution in [0.25, 0.3) is 0 Å². The molecule has 0 radical (unpaired) electrons. The van der Waals surface area contributed by atoms with E-state index in [0.717, 1.165) is 11.3 Å². The molecule has 7 nitrogen and oxygen atoms in total. The van der Waals surface area contributed by atoms with Gasteiger partial charge in [0.2, 0.25) is 0 Å². The average molecular weight is 447 g/mol. The van der Waals surface area contributed by atoms with Crippen molar-refractivity contribution in [3.8, 4) is 5.75 Å². The highest BCUT2D eigenvalue weighted by Crippen LogP contribution is 2.35. The molecule has 1 heterocycles. The Morgan fingerprint density at radius 3 is 2.26 bits per heavy atom. The maximum Gasteiger partial charge on any atom is 0.341 e. The van der Waals surface area contributed by atoms with Crippen molar-refractivity contribution in [2.45, 2.75) is 47.1 Å². The molecule has 0 aliphatic rings. The number of rotatable bonds is 10. The van der Waals surface area contributed by atoms with Crippen LogP contribution in [-0.4, -0.2) is 48.5 Å². The van der Waals surface area contributed by atoms with Gasteiger partial charge in [0, 0.05) is 13.1 Å². The Kier molecular flexibility index (Phi) is 9.05. The summed E-state index contributed by atoms with van der Waals surface area (Å²) in [5.74, 6) is -0.553. The van der Waals surface area contributed by atoms with Crippen LogP contribution in [-0.2, 0) is 9.53 Å². The maximum atomic E-state index is 12.9. The monoisotopic (exact) mass is 446 g/mol. The molecule has 1 atom stereocenters. The highest BCUT2D eigenvalue weighted by molar-refractivity contribution is 7.18. The molecule has 0 fully saturated rings. The number of carbonyl (C=O) groups is 3. The van der Waals surface area contributed by atoms with E-state index < -0.39 is 12.1 Å². The number of hydrogen-bond donors (Lipinski definition) is 1. The highest BCUT2D eigenvalue weighted by atomic mass is 32.1. The lowest BCUT2D eigenvalue weighted by atomic mass is 10.1. The Hall–Kier alpha value is -2.87. The zero-order valence-corrected chi connectivity index (χ0v) is 19.5. The topological polar surface area (TPSA) is 84.9 Å². The molecule has 2 amide bonds. The lowest BCUT2D eigenvalue weighted by Gasteiger charge is -2.18. The number of anilines is 1. The molecule has 0 saturated heterocycles. The predicted octanol–water partition coefficient (Wildman–Crippen LogP) is 4.51. The summed E-state index contributed by atoms with van der Waals surface area (Å²) in [7, 11) is 0. The first-order valence-corrected chi connectivity index (χ1v) is 11.3. The smallest absolute Gasteiger partial charge is 0.341 e. The SMILES string of the molecule is CCOC(=O)c1c(NC(=O)C(CC)Oc2ccccc2)sc(C(=O)N(CC)CC)c1C. The number of nitrogens with zero attached hydrogens (tertiary/aromatic N) is 1. The minimum atomic E-state index is -0.748. The number of para-hydroxylation sites is 1. The summed E-state index contributed by atoms with van der Waals surface area (Å²) in [5.41, 5.74) is 0.720. The van der Waals surface area contributed by atoms with Crippen LogP contribution in [0.4, 0.5) is 5.00 Å². The standard InChI is InChI=1S/C23H30N2O5S/c1-6-17(30-16-13-11-10-12-14-16)20(26)24-21-18(23(28)29-9-4)15(5)19(31-21)22(27)25(7-2)8-3/h10-14,17H,6-9H2,1-5H3,(H,24,26). The van der Waals surface area contributed by atoms with E-state index in [9.17, 15) is 14.4 Å². The molecule has 0 bridgehead atoms. The molecule has 2 aromatic rings. The van der Waals surface area contributed by atoms with Gasteiger partial charge in [-0.3, -0.25) is 9.59 Å². The van der Waals surface area contributed by atoms with Crippen LogP contribution in [0.2, 0.25) is 0 Å².